The number of carbonyl (C=O) groups excluding carboxylic acids is 1. The number of pyridine rings is 1. The van der Waals surface area contributed by atoms with Crippen molar-refractivity contribution in [3.8, 4) is 0 Å². The van der Waals surface area contributed by atoms with Gasteiger partial charge in [-0.1, -0.05) is 36.4 Å². The average Bonchev–Trinajstić information content (AvgIpc) is 2.63. The molecule has 1 atom stereocenters. The number of rotatable bonds is 8. The van der Waals surface area contributed by atoms with E-state index in [0.29, 0.717) is 12.1 Å². The molecule has 2 N–H and O–H groups in total. The van der Waals surface area contributed by atoms with Crippen molar-refractivity contribution in [1.82, 2.24) is 4.98 Å². The van der Waals surface area contributed by atoms with Crippen LogP contribution >= 0.6 is 24.8 Å². The highest BCUT2D eigenvalue weighted by molar-refractivity contribution is 5.90. The van der Waals surface area contributed by atoms with Gasteiger partial charge in [0.15, 0.2) is 0 Å². The molecule has 0 fully saturated rings. The van der Waals surface area contributed by atoms with E-state index in [-0.39, 0.29) is 48.1 Å². The van der Waals surface area contributed by atoms with E-state index in [0.717, 1.165) is 5.56 Å². The molecule has 2 aromatic rings. The highest BCUT2D eigenvalue weighted by atomic mass is 35.5. The van der Waals surface area contributed by atoms with Gasteiger partial charge in [-0.25, -0.2) is 0 Å². The van der Waals surface area contributed by atoms with Crippen molar-refractivity contribution in [1.29, 1.82) is 0 Å². The predicted octanol–water partition coefficient (Wildman–Crippen LogP) is 4.22. The van der Waals surface area contributed by atoms with Crippen molar-refractivity contribution in [2.75, 3.05) is 6.54 Å². The van der Waals surface area contributed by atoms with Crippen molar-refractivity contribution in [2.24, 2.45) is 5.73 Å². The Morgan fingerprint density at radius 1 is 1.04 bits per heavy atom. The minimum absolute atomic E-state index is 0. The number of halogens is 2. The third-order valence-electron chi connectivity index (χ3n) is 5.37. The number of nitrogens with two attached hydrogens (primary N) is 1. The summed E-state index contributed by atoms with van der Waals surface area (Å²) in [6.45, 7) is 7.96. The lowest BCUT2D eigenvalue weighted by Gasteiger charge is -2.51. The summed E-state index contributed by atoms with van der Waals surface area (Å²) in [6, 6.07) is 14.6. The number of amides is 1. The standard InChI is InChI=1S/C21H29N3O2.2ClH/c1-16(2)24(26,17(3)4)15-13-21(20(22)25,18-10-6-5-7-11-18)19-12-8-9-14-23-19;;/h5-12,14,16-17H,13,15H2,1-4H3,(H2,22,25);2*1H. The number of benzene rings is 1. The van der Waals surface area contributed by atoms with Gasteiger partial charge in [0.25, 0.3) is 0 Å². The first-order valence-electron chi connectivity index (χ1n) is 9.10. The summed E-state index contributed by atoms with van der Waals surface area (Å²) >= 11 is 0. The lowest BCUT2D eigenvalue weighted by atomic mass is 9.73. The zero-order valence-corrected chi connectivity index (χ0v) is 18.5. The number of nitrogens with zero attached hydrogens (tertiary/aromatic N) is 2. The summed E-state index contributed by atoms with van der Waals surface area (Å²) in [4.78, 5) is 17.2. The van der Waals surface area contributed by atoms with Crippen LogP contribution in [0.5, 0.6) is 0 Å². The van der Waals surface area contributed by atoms with Gasteiger partial charge < -0.3 is 15.6 Å². The fraction of sp³-hybridized carbons (Fsp3) is 0.429. The van der Waals surface area contributed by atoms with Crippen molar-refractivity contribution < 1.29 is 9.44 Å². The van der Waals surface area contributed by atoms with Gasteiger partial charge in [-0.2, -0.15) is 0 Å². The Kier molecular flexibility index (Phi) is 10.1. The third-order valence-corrected chi connectivity index (χ3v) is 5.37. The van der Waals surface area contributed by atoms with E-state index >= 15 is 0 Å². The summed E-state index contributed by atoms with van der Waals surface area (Å²) in [5.74, 6) is -0.485. The van der Waals surface area contributed by atoms with Gasteiger partial charge in [-0.15, -0.1) is 24.8 Å². The van der Waals surface area contributed by atoms with Gasteiger partial charge in [0.2, 0.25) is 5.91 Å². The molecule has 156 valence electrons. The van der Waals surface area contributed by atoms with Crippen molar-refractivity contribution in [3.63, 3.8) is 0 Å². The molecule has 0 aliphatic rings. The number of hydroxylamine groups is 3. The van der Waals surface area contributed by atoms with Crippen molar-refractivity contribution in [2.45, 2.75) is 51.6 Å². The topological polar surface area (TPSA) is 79.0 Å². The molecule has 5 nitrogen and oxygen atoms in total. The smallest absolute Gasteiger partial charge is 0.234 e. The van der Waals surface area contributed by atoms with Crippen LogP contribution in [0.4, 0.5) is 0 Å². The molecule has 1 aromatic heterocycles. The molecule has 1 heterocycles. The van der Waals surface area contributed by atoms with E-state index in [1.165, 1.54) is 0 Å². The number of aromatic nitrogens is 1. The van der Waals surface area contributed by atoms with Gasteiger partial charge >= 0.3 is 0 Å². The van der Waals surface area contributed by atoms with Gasteiger partial charge in [-0.05, 0) is 45.4 Å². The summed E-state index contributed by atoms with van der Waals surface area (Å²) in [5.41, 5.74) is 6.15. The number of hydrogen-bond donors (Lipinski definition) is 1. The maximum absolute atomic E-state index is 13.4. The molecular formula is C21H31Cl2N3O2. The van der Waals surface area contributed by atoms with E-state index < -0.39 is 11.3 Å². The monoisotopic (exact) mass is 427 g/mol. The highest BCUT2D eigenvalue weighted by Crippen LogP contribution is 2.36. The molecule has 1 aromatic carbocycles. The molecule has 1 amide bonds. The van der Waals surface area contributed by atoms with Crippen LogP contribution in [0.25, 0.3) is 0 Å². The van der Waals surface area contributed by atoms with Crippen LogP contribution < -0.4 is 5.73 Å². The Hall–Kier alpha value is -1.66. The van der Waals surface area contributed by atoms with Crippen molar-refractivity contribution in [3.05, 3.63) is 71.2 Å². The lowest BCUT2D eigenvalue weighted by molar-refractivity contribution is -0.922. The van der Waals surface area contributed by atoms with E-state index in [1.54, 1.807) is 12.3 Å². The Labute approximate surface area is 180 Å². The third kappa shape index (κ3) is 5.03. The molecule has 2 rings (SSSR count). The van der Waals surface area contributed by atoms with Crippen molar-refractivity contribution >= 4 is 30.7 Å². The van der Waals surface area contributed by atoms with Gasteiger partial charge in [0.1, 0.15) is 5.41 Å². The predicted molar refractivity (Wildman–Crippen MR) is 119 cm³/mol. The molecule has 1 unspecified atom stereocenters. The zero-order valence-electron chi connectivity index (χ0n) is 16.9. The van der Waals surface area contributed by atoms with Crippen LogP contribution in [-0.2, 0) is 10.2 Å². The van der Waals surface area contributed by atoms with E-state index in [2.05, 4.69) is 4.98 Å². The fourth-order valence-electron chi connectivity index (χ4n) is 3.60. The second-order valence-corrected chi connectivity index (χ2v) is 7.37. The molecule has 0 saturated heterocycles. The Morgan fingerprint density at radius 3 is 2.00 bits per heavy atom. The lowest BCUT2D eigenvalue weighted by Crippen LogP contribution is -2.56. The summed E-state index contributed by atoms with van der Waals surface area (Å²) in [6.07, 6.45) is 1.96. The van der Waals surface area contributed by atoms with Gasteiger partial charge in [-0.3, -0.25) is 9.78 Å². The Morgan fingerprint density at radius 2 is 1.57 bits per heavy atom. The fourth-order valence-corrected chi connectivity index (χ4v) is 3.60. The molecule has 0 aliphatic heterocycles. The first-order valence-corrected chi connectivity index (χ1v) is 9.10. The van der Waals surface area contributed by atoms with Crippen LogP contribution in [0, 0.1) is 5.21 Å². The summed E-state index contributed by atoms with van der Waals surface area (Å²) in [5, 5.41) is 13.4. The second-order valence-electron chi connectivity index (χ2n) is 7.37. The van der Waals surface area contributed by atoms with E-state index in [4.69, 9.17) is 5.73 Å². The number of carbonyl (C=O) groups is 1. The minimum Gasteiger partial charge on any atom is -0.632 e. The summed E-state index contributed by atoms with van der Waals surface area (Å²) < 4.78 is -0.380. The van der Waals surface area contributed by atoms with E-state index in [9.17, 15) is 10.0 Å². The SMILES string of the molecule is CC(C)[N+]([O-])(CCC(C(N)=O)(c1ccccc1)c1ccccn1)C(C)C.Cl.Cl. The average molecular weight is 428 g/mol. The second kappa shape index (κ2) is 10.8. The molecule has 0 spiro atoms. The van der Waals surface area contributed by atoms with Gasteiger partial charge in [0.05, 0.1) is 24.3 Å². The maximum atomic E-state index is 13.4. The maximum Gasteiger partial charge on any atom is 0.234 e. The Bertz CT molecular complexity index is 677. The number of quaternary nitrogens is 1. The Balaban J connectivity index is 0.00000364. The highest BCUT2D eigenvalue weighted by Gasteiger charge is 2.44. The van der Waals surface area contributed by atoms with E-state index in [1.807, 2.05) is 70.2 Å². The quantitative estimate of drug-likeness (QED) is 0.505. The van der Waals surface area contributed by atoms with Crippen LogP contribution in [0.2, 0.25) is 0 Å². The van der Waals surface area contributed by atoms with Crippen LogP contribution in [0.3, 0.4) is 0 Å². The molecule has 0 saturated carbocycles. The van der Waals surface area contributed by atoms with Gasteiger partial charge in [0, 0.05) is 12.6 Å². The summed E-state index contributed by atoms with van der Waals surface area (Å²) in [7, 11) is 0. The molecule has 7 heteroatoms. The van der Waals surface area contributed by atoms with Crippen LogP contribution in [0.15, 0.2) is 54.7 Å². The minimum atomic E-state index is -1.12. The largest absolute Gasteiger partial charge is 0.632 e. The first-order chi connectivity index (χ1) is 12.2. The van der Waals surface area contributed by atoms with Crippen LogP contribution in [0.1, 0.15) is 45.4 Å². The number of primary amides is 1. The molecule has 0 bridgehead atoms. The number of hydrogen-bond acceptors (Lipinski definition) is 3. The normalized spacial score (nSPS) is 13.4. The molecule has 28 heavy (non-hydrogen) atoms. The molecule has 0 aliphatic carbocycles. The first kappa shape index (κ1) is 26.3. The molecule has 0 radical (unpaired) electrons. The van der Waals surface area contributed by atoms with Crippen LogP contribution in [-0.4, -0.2) is 34.2 Å². The zero-order chi connectivity index (χ0) is 19.4. The molecular weight excluding hydrogens is 397 g/mol.